The summed E-state index contributed by atoms with van der Waals surface area (Å²) in [6, 6.07) is 9.66. The fourth-order valence-corrected chi connectivity index (χ4v) is 3.40. The van der Waals surface area contributed by atoms with Gasteiger partial charge in [-0.1, -0.05) is 6.07 Å². The molecular formula is C19H21N5OS. The molecule has 3 aromatic rings. The summed E-state index contributed by atoms with van der Waals surface area (Å²) in [6.45, 7) is 5.55. The van der Waals surface area contributed by atoms with E-state index >= 15 is 0 Å². The Kier molecular flexibility index (Phi) is 5.27. The predicted molar refractivity (Wildman–Crippen MR) is 104 cm³/mol. The summed E-state index contributed by atoms with van der Waals surface area (Å²) in [7, 11) is 1.78. The maximum Gasteiger partial charge on any atom is 0.219 e. The Morgan fingerprint density at radius 3 is 2.77 bits per heavy atom. The van der Waals surface area contributed by atoms with Gasteiger partial charge in [0, 0.05) is 26.4 Å². The van der Waals surface area contributed by atoms with Gasteiger partial charge in [-0.3, -0.25) is 4.79 Å². The monoisotopic (exact) mass is 367 g/mol. The van der Waals surface area contributed by atoms with Gasteiger partial charge in [0.25, 0.3) is 0 Å². The average Bonchev–Trinajstić information content (AvgIpc) is 3.11. The molecule has 1 unspecified atom stereocenters. The summed E-state index contributed by atoms with van der Waals surface area (Å²) in [5.74, 6) is 1.50. The lowest BCUT2D eigenvalue weighted by atomic mass is 10.3. The summed E-state index contributed by atoms with van der Waals surface area (Å²) in [6.07, 6.45) is 3.57. The first kappa shape index (κ1) is 18.0. The molecular weight excluding hydrogens is 346 g/mol. The van der Waals surface area contributed by atoms with Gasteiger partial charge in [-0.05, 0) is 43.7 Å². The number of hydrogen-bond acceptors (Lipinski definition) is 6. The smallest absolute Gasteiger partial charge is 0.219 e. The molecule has 0 aliphatic rings. The molecule has 0 aliphatic heterocycles. The molecule has 0 bridgehead atoms. The van der Waals surface area contributed by atoms with Gasteiger partial charge in [0.05, 0.1) is 16.6 Å². The minimum atomic E-state index is -0.0657. The van der Waals surface area contributed by atoms with Crippen LogP contribution in [-0.4, -0.2) is 32.8 Å². The van der Waals surface area contributed by atoms with Gasteiger partial charge in [-0.25, -0.2) is 15.0 Å². The van der Waals surface area contributed by atoms with Gasteiger partial charge in [-0.15, -0.1) is 11.3 Å². The summed E-state index contributed by atoms with van der Waals surface area (Å²) in [5.41, 5.74) is 1.97. The zero-order chi connectivity index (χ0) is 18.7. The lowest BCUT2D eigenvalue weighted by Crippen LogP contribution is -2.26. The topological polar surface area (TPSA) is 71.0 Å². The Bertz CT molecular complexity index is 924. The fourth-order valence-electron chi connectivity index (χ4n) is 2.41. The van der Waals surface area contributed by atoms with Crippen LogP contribution in [0.15, 0.2) is 42.7 Å². The van der Waals surface area contributed by atoms with Crippen LogP contribution in [-0.2, 0) is 4.79 Å². The minimum absolute atomic E-state index is 0.0178. The maximum absolute atomic E-state index is 11.6. The normalized spacial score (nSPS) is 11.8. The third-order valence-electron chi connectivity index (χ3n) is 4.13. The summed E-state index contributed by atoms with van der Waals surface area (Å²) in [5, 5.41) is 4.11. The van der Waals surface area contributed by atoms with Crippen molar-refractivity contribution in [1.29, 1.82) is 0 Å². The molecule has 3 aromatic heterocycles. The number of carbonyl (C=O) groups is 1. The lowest BCUT2D eigenvalue weighted by molar-refractivity contribution is -0.129. The van der Waals surface area contributed by atoms with Crippen molar-refractivity contribution in [2.45, 2.75) is 26.8 Å². The first-order chi connectivity index (χ1) is 12.4. The van der Waals surface area contributed by atoms with Crippen molar-refractivity contribution >= 4 is 28.9 Å². The molecule has 3 heterocycles. The standard InChI is InChI=1S/C19H21N5OS/c1-12-8-9-20-18(10-12)23-17-7-5-6-15(22-17)16-11-21-19(26-16)13(2)24(4)14(3)25/h5-11,13H,1-4H3,(H,20,22,23). The van der Waals surface area contributed by atoms with Crippen molar-refractivity contribution in [3.63, 3.8) is 0 Å². The Hall–Kier alpha value is -2.80. The highest BCUT2D eigenvalue weighted by Gasteiger charge is 2.18. The Labute approximate surface area is 157 Å². The van der Waals surface area contributed by atoms with Crippen molar-refractivity contribution in [2.24, 2.45) is 0 Å². The average molecular weight is 367 g/mol. The molecule has 0 saturated carbocycles. The Balaban J connectivity index is 1.81. The van der Waals surface area contributed by atoms with Crippen LogP contribution in [0.25, 0.3) is 10.6 Å². The predicted octanol–water partition coefficient (Wildman–Crippen LogP) is 4.19. The first-order valence-corrected chi connectivity index (χ1v) is 9.12. The first-order valence-electron chi connectivity index (χ1n) is 8.30. The molecule has 3 rings (SSSR count). The Morgan fingerprint density at radius 2 is 2.04 bits per heavy atom. The van der Waals surface area contributed by atoms with Crippen molar-refractivity contribution in [1.82, 2.24) is 19.9 Å². The van der Waals surface area contributed by atoms with Crippen LogP contribution in [0.4, 0.5) is 11.6 Å². The van der Waals surface area contributed by atoms with E-state index in [0.29, 0.717) is 0 Å². The number of pyridine rings is 2. The second kappa shape index (κ2) is 7.61. The molecule has 26 heavy (non-hydrogen) atoms. The number of nitrogens with zero attached hydrogens (tertiary/aromatic N) is 4. The largest absolute Gasteiger partial charge is 0.337 e. The van der Waals surface area contributed by atoms with Gasteiger partial charge < -0.3 is 10.2 Å². The highest BCUT2D eigenvalue weighted by molar-refractivity contribution is 7.15. The number of carbonyl (C=O) groups excluding carboxylic acids is 1. The molecule has 6 nitrogen and oxygen atoms in total. The van der Waals surface area contributed by atoms with E-state index in [0.717, 1.165) is 32.8 Å². The number of hydrogen-bond donors (Lipinski definition) is 1. The number of thiazole rings is 1. The molecule has 134 valence electrons. The van der Waals surface area contributed by atoms with E-state index in [-0.39, 0.29) is 11.9 Å². The second-order valence-electron chi connectivity index (χ2n) is 6.12. The van der Waals surface area contributed by atoms with E-state index in [1.807, 2.05) is 50.4 Å². The van der Waals surface area contributed by atoms with Crippen molar-refractivity contribution in [2.75, 3.05) is 12.4 Å². The number of amides is 1. The van der Waals surface area contributed by atoms with Crippen LogP contribution in [0.1, 0.15) is 30.5 Å². The van der Waals surface area contributed by atoms with Gasteiger partial charge in [0.15, 0.2) is 0 Å². The van der Waals surface area contributed by atoms with E-state index in [2.05, 4.69) is 20.3 Å². The zero-order valence-corrected chi connectivity index (χ0v) is 16.0. The van der Waals surface area contributed by atoms with E-state index in [9.17, 15) is 4.79 Å². The van der Waals surface area contributed by atoms with Gasteiger partial charge in [0.2, 0.25) is 5.91 Å². The fraction of sp³-hybridized carbons (Fsp3) is 0.263. The number of aromatic nitrogens is 3. The summed E-state index contributed by atoms with van der Waals surface area (Å²) in [4.78, 5) is 27.6. The molecule has 0 saturated heterocycles. The van der Waals surface area contributed by atoms with Gasteiger partial charge in [0.1, 0.15) is 16.6 Å². The number of rotatable bonds is 5. The van der Waals surface area contributed by atoms with Crippen LogP contribution >= 0.6 is 11.3 Å². The molecule has 0 aliphatic carbocycles. The zero-order valence-electron chi connectivity index (χ0n) is 15.2. The highest BCUT2D eigenvalue weighted by atomic mass is 32.1. The quantitative estimate of drug-likeness (QED) is 0.732. The van der Waals surface area contributed by atoms with E-state index in [4.69, 9.17) is 0 Å². The van der Waals surface area contributed by atoms with Crippen LogP contribution in [0.5, 0.6) is 0 Å². The molecule has 0 aromatic carbocycles. The maximum atomic E-state index is 11.6. The van der Waals surface area contributed by atoms with E-state index in [1.54, 1.807) is 36.4 Å². The van der Waals surface area contributed by atoms with Crippen LogP contribution in [0, 0.1) is 6.92 Å². The number of aryl methyl sites for hydroxylation is 1. The molecule has 1 amide bonds. The highest BCUT2D eigenvalue weighted by Crippen LogP contribution is 2.30. The molecule has 1 N–H and O–H groups in total. The van der Waals surface area contributed by atoms with E-state index < -0.39 is 0 Å². The Morgan fingerprint density at radius 1 is 1.23 bits per heavy atom. The number of nitrogens with one attached hydrogen (secondary N) is 1. The molecule has 0 fully saturated rings. The van der Waals surface area contributed by atoms with Crippen molar-refractivity contribution in [3.8, 4) is 10.6 Å². The summed E-state index contributed by atoms with van der Waals surface area (Å²) >= 11 is 1.55. The lowest BCUT2D eigenvalue weighted by Gasteiger charge is -2.21. The van der Waals surface area contributed by atoms with Crippen LogP contribution in [0.2, 0.25) is 0 Å². The second-order valence-corrected chi connectivity index (χ2v) is 7.18. The van der Waals surface area contributed by atoms with Crippen molar-refractivity contribution in [3.05, 3.63) is 53.3 Å². The number of anilines is 2. The van der Waals surface area contributed by atoms with Crippen LogP contribution in [0.3, 0.4) is 0 Å². The molecule has 1 atom stereocenters. The third-order valence-corrected chi connectivity index (χ3v) is 5.32. The van der Waals surface area contributed by atoms with Crippen LogP contribution < -0.4 is 5.32 Å². The third kappa shape index (κ3) is 4.05. The van der Waals surface area contributed by atoms with Gasteiger partial charge in [-0.2, -0.15) is 0 Å². The molecule has 7 heteroatoms. The van der Waals surface area contributed by atoms with E-state index in [1.165, 1.54) is 0 Å². The SMILES string of the molecule is CC(=O)N(C)C(C)c1ncc(-c2cccc(Nc3cc(C)ccn3)n2)s1. The van der Waals surface area contributed by atoms with Crippen molar-refractivity contribution < 1.29 is 4.79 Å². The molecule has 0 radical (unpaired) electrons. The van der Waals surface area contributed by atoms with Gasteiger partial charge >= 0.3 is 0 Å². The minimum Gasteiger partial charge on any atom is -0.337 e. The summed E-state index contributed by atoms with van der Waals surface area (Å²) < 4.78 is 0. The molecule has 0 spiro atoms.